The Balaban J connectivity index is 1.50. The van der Waals surface area contributed by atoms with Gasteiger partial charge in [0.25, 0.3) is 0 Å². The Labute approximate surface area is 196 Å². The number of thiazole rings is 1. The fourth-order valence-corrected chi connectivity index (χ4v) is 6.77. The smallest absolute Gasteiger partial charge is 0.241 e. The van der Waals surface area contributed by atoms with E-state index < -0.39 is 5.41 Å². The molecule has 32 heavy (non-hydrogen) atoms. The van der Waals surface area contributed by atoms with Crippen LogP contribution < -0.4 is 0 Å². The van der Waals surface area contributed by atoms with E-state index in [0.29, 0.717) is 17.1 Å². The first-order chi connectivity index (χ1) is 15.5. The molecule has 168 valence electrons. The summed E-state index contributed by atoms with van der Waals surface area (Å²) in [4.78, 5) is 48.4. The fraction of sp³-hybridized carbons (Fsp3) is 0.500. The van der Waals surface area contributed by atoms with Crippen molar-refractivity contribution in [3.8, 4) is 0 Å². The number of carbonyl (C=O) groups excluding carboxylic acids is 3. The van der Waals surface area contributed by atoms with Crippen molar-refractivity contribution < 1.29 is 14.4 Å². The Morgan fingerprint density at radius 3 is 2.66 bits per heavy atom. The second-order valence-corrected chi connectivity index (χ2v) is 10.4. The number of hydrogen-bond donors (Lipinski definition) is 0. The van der Waals surface area contributed by atoms with E-state index in [-0.39, 0.29) is 42.6 Å². The molecule has 2 aromatic rings. The number of aromatic nitrogens is 1. The van der Waals surface area contributed by atoms with Crippen molar-refractivity contribution in [2.24, 2.45) is 0 Å². The van der Waals surface area contributed by atoms with Crippen molar-refractivity contribution in [2.45, 2.75) is 68.9 Å². The lowest BCUT2D eigenvalue weighted by Crippen LogP contribution is -2.46. The minimum absolute atomic E-state index is 0.00638. The van der Waals surface area contributed by atoms with Crippen LogP contribution in [0.3, 0.4) is 0 Å². The third-order valence-corrected chi connectivity index (χ3v) is 8.40. The maximum absolute atomic E-state index is 13.9. The topological polar surface area (TPSA) is 70.6 Å². The molecule has 3 aliphatic rings. The van der Waals surface area contributed by atoms with Crippen molar-refractivity contribution in [3.05, 3.63) is 51.4 Å². The number of rotatable bonds is 5. The molecule has 0 N–H and O–H groups in total. The fourth-order valence-electron chi connectivity index (χ4n) is 5.67. The third kappa shape index (κ3) is 3.55. The Kier molecular flexibility index (Phi) is 5.80. The molecule has 1 aromatic heterocycles. The first kappa shape index (κ1) is 21.6. The van der Waals surface area contributed by atoms with Gasteiger partial charge in [-0.15, -0.1) is 11.3 Å². The molecule has 6 nitrogen and oxygen atoms in total. The van der Waals surface area contributed by atoms with E-state index in [1.54, 1.807) is 35.7 Å². The van der Waals surface area contributed by atoms with Crippen LogP contribution in [0.4, 0.5) is 0 Å². The molecule has 1 saturated carbocycles. The molecule has 2 atom stereocenters. The highest BCUT2D eigenvalue weighted by Gasteiger charge is 2.57. The number of benzene rings is 1. The maximum atomic E-state index is 13.9. The van der Waals surface area contributed by atoms with E-state index in [2.05, 4.69) is 4.98 Å². The van der Waals surface area contributed by atoms with Crippen LogP contribution in [0, 0.1) is 0 Å². The first-order valence-corrected chi connectivity index (χ1v) is 12.6. The summed E-state index contributed by atoms with van der Waals surface area (Å²) in [5.74, 6) is -0.564. The van der Waals surface area contributed by atoms with E-state index in [4.69, 9.17) is 11.6 Å². The molecule has 1 aromatic carbocycles. The Bertz CT molecular complexity index is 1040. The lowest BCUT2D eigenvalue weighted by Gasteiger charge is -2.32. The largest absolute Gasteiger partial charge is 0.333 e. The predicted octanol–water partition coefficient (Wildman–Crippen LogP) is 4.49. The quantitative estimate of drug-likeness (QED) is 0.602. The molecule has 3 heterocycles. The van der Waals surface area contributed by atoms with Gasteiger partial charge in [-0.2, -0.15) is 0 Å². The molecule has 8 heteroatoms. The zero-order valence-electron chi connectivity index (χ0n) is 17.8. The molecule has 5 rings (SSSR count). The molecule has 2 aliphatic heterocycles. The molecule has 0 spiro atoms. The van der Waals surface area contributed by atoms with E-state index in [1.807, 2.05) is 16.3 Å². The van der Waals surface area contributed by atoms with E-state index in [1.165, 1.54) is 4.90 Å². The molecular formula is C24H26ClN3O3S. The van der Waals surface area contributed by atoms with Gasteiger partial charge in [0, 0.05) is 42.0 Å². The van der Waals surface area contributed by atoms with E-state index in [0.717, 1.165) is 43.5 Å². The van der Waals surface area contributed by atoms with Gasteiger partial charge in [-0.25, -0.2) is 4.98 Å². The third-order valence-electron chi connectivity index (χ3n) is 7.19. The van der Waals surface area contributed by atoms with Gasteiger partial charge >= 0.3 is 0 Å². The van der Waals surface area contributed by atoms with Crippen LogP contribution in [-0.4, -0.2) is 45.1 Å². The highest BCUT2D eigenvalue weighted by molar-refractivity contribution is 7.09. The Hall–Kier alpha value is -2.25. The van der Waals surface area contributed by atoms with Crippen molar-refractivity contribution >= 4 is 40.7 Å². The van der Waals surface area contributed by atoms with Gasteiger partial charge in [-0.1, -0.05) is 42.6 Å². The minimum atomic E-state index is -1.24. The second-order valence-electron chi connectivity index (χ2n) is 9.04. The van der Waals surface area contributed by atoms with Gasteiger partial charge in [0.1, 0.15) is 5.01 Å². The molecular weight excluding hydrogens is 446 g/mol. The minimum Gasteiger partial charge on any atom is -0.333 e. The molecule has 2 saturated heterocycles. The van der Waals surface area contributed by atoms with Gasteiger partial charge in [0.15, 0.2) is 0 Å². The van der Waals surface area contributed by atoms with E-state index >= 15 is 0 Å². The summed E-state index contributed by atoms with van der Waals surface area (Å²) in [6.07, 6.45) is 7.16. The maximum Gasteiger partial charge on any atom is 0.241 e. The van der Waals surface area contributed by atoms with E-state index in [9.17, 15) is 14.4 Å². The summed E-state index contributed by atoms with van der Waals surface area (Å²) in [6.45, 7) is 0.635. The summed E-state index contributed by atoms with van der Waals surface area (Å²) in [6, 6.07) is 7.01. The molecule has 1 aliphatic carbocycles. The standard InChI is InChI=1S/C24H26ClN3O3S/c25-18-9-4-3-8-17(18)24(15-21(30)28(23(24)31)16-6-1-2-7-16)14-20(29)27-12-5-10-19(27)22-26-11-13-32-22/h3-4,8-9,11,13,16,19H,1-2,5-7,10,12,14-15H2/t19-,24+/m1/s1. The number of amides is 3. The van der Waals surface area contributed by atoms with Crippen LogP contribution in [0.2, 0.25) is 5.02 Å². The Morgan fingerprint density at radius 2 is 1.94 bits per heavy atom. The van der Waals surface area contributed by atoms with Crippen molar-refractivity contribution in [2.75, 3.05) is 6.54 Å². The van der Waals surface area contributed by atoms with Gasteiger partial charge in [-0.3, -0.25) is 19.3 Å². The zero-order chi connectivity index (χ0) is 22.3. The summed E-state index contributed by atoms with van der Waals surface area (Å²) in [5, 5.41) is 3.26. The van der Waals surface area contributed by atoms with Crippen LogP contribution in [0.15, 0.2) is 35.8 Å². The normalized spacial score (nSPS) is 26.5. The van der Waals surface area contributed by atoms with Crippen LogP contribution in [-0.2, 0) is 19.8 Å². The highest BCUT2D eigenvalue weighted by Crippen LogP contribution is 2.46. The number of imide groups is 1. The van der Waals surface area contributed by atoms with Gasteiger partial charge in [-0.05, 0) is 37.3 Å². The van der Waals surface area contributed by atoms with Gasteiger partial charge in [0.2, 0.25) is 17.7 Å². The average Bonchev–Trinajstić information content (AvgIpc) is 3.57. The summed E-state index contributed by atoms with van der Waals surface area (Å²) < 4.78 is 0. The monoisotopic (exact) mass is 471 g/mol. The second kappa shape index (κ2) is 8.60. The molecule has 3 fully saturated rings. The van der Waals surface area contributed by atoms with Gasteiger partial charge in [0.05, 0.1) is 11.5 Å². The van der Waals surface area contributed by atoms with Gasteiger partial charge < -0.3 is 4.90 Å². The average molecular weight is 472 g/mol. The number of likely N-dealkylation sites (tertiary alicyclic amines) is 2. The Morgan fingerprint density at radius 1 is 1.16 bits per heavy atom. The highest BCUT2D eigenvalue weighted by atomic mass is 35.5. The number of hydrogen-bond acceptors (Lipinski definition) is 5. The number of nitrogens with zero attached hydrogens (tertiary/aromatic N) is 3. The molecule has 0 radical (unpaired) electrons. The van der Waals surface area contributed by atoms with Crippen molar-refractivity contribution in [1.29, 1.82) is 0 Å². The zero-order valence-corrected chi connectivity index (χ0v) is 19.4. The lowest BCUT2D eigenvalue weighted by atomic mass is 9.75. The van der Waals surface area contributed by atoms with Crippen LogP contribution in [0.5, 0.6) is 0 Å². The molecule has 0 unspecified atom stereocenters. The SMILES string of the molecule is O=C1C[C@@](CC(=O)N2CCC[C@@H]2c2nccs2)(c2ccccc2Cl)C(=O)N1C1CCCC1. The summed E-state index contributed by atoms with van der Waals surface area (Å²) in [7, 11) is 0. The number of halogens is 1. The van der Waals surface area contributed by atoms with Crippen molar-refractivity contribution in [3.63, 3.8) is 0 Å². The van der Waals surface area contributed by atoms with Crippen LogP contribution in [0.1, 0.15) is 68.0 Å². The summed E-state index contributed by atoms with van der Waals surface area (Å²) in [5.41, 5.74) is -0.663. The summed E-state index contributed by atoms with van der Waals surface area (Å²) >= 11 is 8.10. The van der Waals surface area contributed by atoms with Crippen LogP contribution in [0.25, 0.3) is 0 Å². The first-order valence-electron chi connectivity index (χ1n) is 11.3. The molecule has 3 amide bonds. The van der Waals surface area contributed by atoms with Crippen LogP contribution >= 0.6 is 22.9 Å². The predicted molar refractivity (Wildman–Crippen MR) is 122 cm³/mol. The molecule has 0 bridgehead atoms. The van der Waals surface area contributed by atoms with Crippen molar-refractivity contribution in [1.82, 2.24) is 14.8 Å². The lowest BCUT2D eigenvalue weighted by molar-refractivity contribution is -0.145. The number of carbonyl (C=O) groups is 3.